The van der Waals surface area contributed by atoms with Crippen LogP contribution < -0.4 is 0 Å². The van der Waals surface area contributed by atoms with E-state index in [-0.39, 0.29) is 6.10 Å². The van der Waals surface area contributed by atoms with Crippen molar-refractivity contribution in [1.82, 2.24) is 0 Å². The van der Waals surface area contributed by atoms with Gasteiger partial charge in [0.1, 0.15) is 0 Å². The molecule has 0 amide bonds. The van der Waals surface area contributed by atoms with Crippen LogP contribution in [0.25, 0.3) is 0 Å². The van der Waals surface area contributed by atoms with Crippen molar-refractivity contribution in [3.05, 3.63) is 12.2 Å². The first-order valence-electron chi connectivity index (χ1n) is 6.42. The molecule has 2 bridgehead atoms. The molecule has 0 saturated heterocycles. The summed E-state index contributed by atoms with van der Waals surface area (Å²) < 4.78 is 28.2. The molecule has 1 fully saturated rings. The first-order valence-corrected chi connectivity index (χ1v) is 7.88. The van der Waals surface area contributed by atoms with Crippen LogP contribution in [0.5, 0.6) is 0 Å². The molecule has 3 unspecified atom stereocenters. The van der Waals surface area contributed by atoms with Crippen LogP contribution in [0.15, 0.2) is 12.2 Å². The van der Waals surface area contributed by atoms with Gasteiger partial charge >= 0.3 is 7.82 Å². The van der Waals surface area contributed by atoms with Gasteiger partial charge in [0.2, 0.25) is 0 Å². The Morgan fingerprint density at radius 2 is 1.88 bits per heavy atom. The fourth-order valence-corrected chi connectivity index (χ4v) is 4.00. The zero-order valence-electron chi connectivity index (χ0n) is 10.5. The summed E-state index contributed by atoms with van der Waals surface area (Å²) in [6.07, 6.45) is 7.58. The van der Waals surface area contributed by atoms with Gasteiger partial charge in [-0.3, -0.25) is 13.6 Å². The van der Waals surface area contributed by atoms with E-state index in [0.717, 1.165) is 12.8 Å². The zero-order valence-corrected chi connectivity index (χ0v) is 11.4. The van der Waals surface area contributed by atoms with Crippen LogP contribution in [0.4, 0.5) is 0 Å². The first kappa shape index (κ1) is 13.3. The van der Waals surface area contributed by atoms with Gasteiger partial charge in [-0.25, -0.2) is 4.57 Å². The minimum absolute atomic E-state index is 0.113. The van der Waals surface area contributed by atoms with E-state index in [2.05, 4.69) is 6.08 Å². The molecule has 2 aliphatic carbocycles. The molecular formula is C12H21O4P. The molecule has 98 valence electrons. The Bertz CT molecular complexity index is 318. The molecule has 0 N–H and O–H groups in total. The van der Waals surface area contributed by atoms with Crippen LogP contribution in [0.3, 0.4) is 0 Å². The maximum absolute atomic E-state index is 12.3. The van der Waals surface area contributed by atoms with Crippen molar-refractivity contribution in [3.8, 4) is 0 Å². The Hall–Kier alpha value is -0.150. The second-order valence-electron chi connectivity index (χ2n) is 4.57. The molecule has 0 aromatic heterocycles. The molecule has 0 aliphatic heterocycles. The predicted molar refractivity (Wildman–Crippen MR) is 65.7 cm³/mol. The number of hydrogen-bond donors (Lipinski definition) is 0. The minimum Gasteiger partial charge on any atom is -0.287 e. The summed E-state index contributed by atoms with van der Waals surface area (Å²) in [4.78, 5) is 0. The van der Waals surface area contributed by atoms with Gasteiger partial charge in [0.15, 0.2) is 0 Å². The lowest BCUT2D eigenvalue weighted by molar-refractivity contribution is 0.0756. The average Bonchev–Trinajstić information content (AvgIpc) is 2.67. The Morgan fingerprint density at radius 3 is 2.53 bits per heavy atom. The standard InChI is InChI=1S/C12H21O4P/c1-3-14-17(13,15-4-2)16-12-8-6-10-5-7-11(12)9-10/h6,8,10-12H,3-5,7,9H2,1-2H3. The average molecular weight is 260 g/mol. The van der Waals surface area contributed by atoms with E-state index in [9.17, 15) is 4.57 Å². The number of hydrogen-bond acceptors (Lipinski definition) is 4. The quantitative estimate of drug-likeness (QED) is 0.541. The summed E-state index contributed by atoms with van der Waals surface area (Å²) >= 11 is 0. The zero-order chi connectivity index (χ0) is 12.3. The fraction of sp³-hybridized carbons (Fsp3) is 0.833. The van der Waals surface area contributed by atoms with Gasteiger partial charge in [0.25, 0.3) is 0 Å². The molecule has 0 heterocycles. The lowest BCUT2D eigenvalue weighted by atomic mass is 9.93. The minimum atomic E-state index is -3.37. The van der Waals surface area contributed by atoms with Crippen molar-refractivity contribution in [2.45, 2.75) is 39.2 Å². The van der Waals surface area contributed by atoms with E-state index >= 15 is 0 Å². The molecule has 2 aliphatic rings. The highest BCUT2D eigenvalue weighted by molar-refractivity contribution is 7.48. The SMILES string of the molecule is CCOP(=O)(OCC)OC1C=CC2CCC1C2. The fourth-order valence-electron chi connectivity index (χ4n) is 2.63. The third-order valence-electron chi connectivity index (χ3n) is 3.38. The van der Waals surface area contributed by atoms with E-state index in [0.29, 0.717) is 25.0 Å². The highest BCUT2D eigenvalue weighted by Crippen LogP contribution is 2.53. The molecule has 3 atom stereocenters. The van der Waals surface area contributed by atoms with Crippen molar-refractivity contribution in [3.63, 3.8) is 0 Å². The largest absolute Gasteiger partial charge is 0.475 e. The van der Waals surface area contributed by atoms with E-state index in [4.69, 9.17) is 13.6 Å². The Balaban J connectivity index is 2.00. The van der Waals surface area contributed by atoms with E-state index in [1.807, 2.05) is 6.08 Å². The monoisotopic (exact) mass is 260 g/mol. The molecule has 0 radical (unpaired) electrons. The van der Waals surface area contributed by atoms with Gasteiger partial charge in [0.05, 0.1) is 19.3 Å². The van der Waals surface area contributed by atoms with E-state index < -0.39 is 7.82 Å². The van der Waals surface area contributed by atoms with Gasteiger partial charge in [-0.05, 0) is 44.9 Å². The molecular weight excluding hydrogens is 239 g/mol. The summed E-state index contributed by atoms with van der Waals surface area (Å²) in [6, 6.07) is 0. The lowest BCUT2D eigenvalue weighted by Crippen LogP contribution is -2.22. The Morgan fingerprint density at radius 1 is 1.18 bits per heavy atom. The Kier molecular flexibility index (Phi) is 4.42. The third-order valence-corrected chi connectivity index (χ3v) is 5.03. The highest BCUT2D eigenvalue weighted by atomic mass is 31.2. The number of fused-ring (bicyclic) bond motifs is 2. The maximum Gasteiger partial charge on any atom is 0.475 e. The molecule has 2 rings (SSSR count). The van der Waals surface area contributed by atoms with E-state index in [1.165, 1.54) is 6.42 Å². The lowest BCUT2D eigenvalue weighted by Gasteiger charge is -2.27. The van der Waals surface area contributed by atoms with Crippen LogP contribution in [0.1, 0.15) is 33.1 Å². The highest BCUT2D eigenvalue weighted by Gasteiger charge is 2.38. The summed E-state index contributed by atoms with van der Waals surface area (Å²) in [7, 11) is -3.37. The van der Waals surface area contributed by atoms with Crippen LogP contribution in [-0.2, 0) is 18.1 Å². The van der Waals surface area contributed by atoms with Crippen LogP contribution >= 0.6 is 7.82 Å². The molecule has 17 heavy (non-hydrogen) atoms. The predicted octanol–water partition coefficient (Wildman–Crippen LogP) is 3.54. The topological polar surface area (TPSA) is 44.8 Å². The van der Waals surface area contributed by atoms with Crippen molar-refractivity contribution >= 4 is 7.82 Å². The number of rotatable bonds is 6. The van der Waals surface area contributed by atoms with Crippen molar-refractivity contribution in [1.29, 1.82) is 0 Å². The van der Waals surface area contributed by atoms with Gasteiger partial charge in [0, 0.05) is 0 Å². The van der Waals surface area contributed by atoms with Gasteiger partial charge < -0.3 is 0 Å². The van der Waals surface area contributed by atoms with Gasteiger partial charge in [-0.15, -0.1) is 0 Å². The number of allylic oxidation sites excluding steroid dienone is 1. The molecule has 5 heteroatoms. The molecule has 1 saturated carbocycles. The number of phosphoric ester groups is 1. The van der Waals surface area contributed by atoms with Crippen molar-refractivity contribution in [2.75, 3.05) is 13.2 Å². The Labute approximate surface area is 103 Å². The smallest absolute Gasteiger partial charge is 0.287 e. The maximum atomic E-state index is 12.3. The first-order chi connectivity index (χ1) is 8.17. The van der Waals surface area contributed by atoms with Crippen LogP contribution in [0.2, 0.25) is 0 Å². The summed E-state index contributed by atoms with van der Waals surface area (Å²) in [5.41, 5.74) is 0. The third kappa shape index (κ3) is 3.19. The van der Waals surface area contributed by atoms with Crippen LogP contribution in [-0.4, -0.2) is 19.3 Å². The summed E-state index contributed by atoms with van der Waals surface area (Å²) in [5, 5.41) is 0. The molecule has 4 nitrogen and oxygen atoms in total. The normalized spacial score (nSPS) is 32.0. The molecule has 0 spiro atoms. The van der Waals surface area contributed by atoms with Crippen LogP contribution in [0, 0.1) is 11.8 Å². The van der Waals surface area contributed by atoms with Gasteiger partial charge in [-0.1, -0.05) is 12.2 Å². The van der Waals surface area contributed by atoms with Crippen molar-refractivity contribution in [2.24, 2.45) is 11.8 Å². The second-order valence-corrected chi connectivity index (χ2v) is 6.19. The molecule has 0 aromatic rings. The second kappa shape index (κ2) is 5.66. The number of phosphoric acid groups is 1. The summed E-state index contributed by atoms with van der Waals surface area (Å²) in [5.74, 6) is 1.16. The summed E-state index contributed by atoms with van der Waals surface area (Å²) in [6.45, 7) is 4.25. The van der Waals surface area contributed by atoms with E-state index in [1.54, 1.807) is 13.8 Å². The van der Waals surface area contributed by atoms with Gasteiger partial charge in [-0.2, -0.15) is 0 Å². The van der Waals surface area contributed by atoms with Crippen molar-refractivity contribution < 1.29 is 18.1 Å². The molecule has 0 aromatic carbocycles.